The molecule has 1 heterocycles. The van der Waals surface area contributed by atoms with E-state index in [9.17, 15) is 0 Å². The molecule has 4 nitrogen and oxygen atoms in total. The Morgan fingerprint density at radius 3 is 2.38 bits per heavy atom. The largest absolute Gasteiger partial charge is 0.330 e. The van der Waals surface area contributed by atoms with E-state index in [4.69, 9.17) is 5.73 Å². The molecule has 2 rings (SSSR count). The highest BCUT2D eigenvalue weighted by atomic mass is 15.3. The first-order valence-electron chi connectivity index (χ1n) is 7.63. The lowest BCUT2D eigenvalue weighted by Gasteiger charge is -2.06. The van der Waals surface area contributed by atoms with Gasteiger partial charge < -0.3 is 11.1 Å². The number of aryl methyl sites for hydroxylation is 1. The first-order chi connectivity index (χ1) is 10.1. The highest BCUT2D eigenvalue weighted by molar-refractivity contribution is 5.23. The Morgan fingerprint density at radius 2 is 1.81 bits per heavy atom. The summed E-state index contributed by atoms with van der Waals surface area (Å²) in [5.41, 5.74) is 10.5. The second-order valence-electron chi connectivity index (χ2n) is 5.77. The maximum absolute atomic E-state index is 5.56. The van der Waals surface area contributed by atoms with Crippen LogP contribution in [0.2, 0.25) is 0 Å². The van der Waals surface area contributed by atoms with Crippen molar-refractivity contribution >= 4 is 0 Å². The molecule has 0 atom stereocenters. The van der Waals surface area contributed by atoms with Crippen molar-refractivity contribution in [3.8, 4) is 0 Å². The lowest BCUT2D eigenvalue weighted by atomic mass is 10.1. The quantitative estimate of drug-likeness (QED) is 0.822. The minimum atomic E-state index is 0.410. The SMILES string of the molecule is Cc1nn(C(C)C)cc1CNCc1ccc(CCN)cc1. The topological polar surface area (TPSA) is 55.9 Å². The first-order valence-corrected chi connectivity index (χ1v) is 7.63. The van der Waals surface area contributed by atoms with E-state index in [0.29, 0.717) is 12.6 Å². The van der Waals surface area contributed by atoms with Gasteiger partial charge in [-0.2, -0.15) is 5.10 Å². The summed E-state index contributed by atoms with van der Waals surface area (Å²) in [6.45, 7) is 8.78. The molecule has 0 aliphatic rings. The maximum atomic E-state index is 5.56. The van der Waals surface area contributed by atoms with E-state index in [1.54, 1.807) is 0 Å². The van der Waals surface area contributed by atoms with Gasteiger partial charge in [-0.15, -0.1) is 0 Å². The van der Waals surface area contributed by atoms with Gasteiger partial charge >= 0.3 is 0 Å². The number of hydrogen-bond acceptors (Lipinski definition) is 3. The van der Waals surface area contributed by atoms with Crippen LogP contribution in [0.1, 0.15) is 42.3 Å². The molecule has 0 aliphatic carbocycles. The smallest absolute Gasteiger partial charge is 0.0638 e. The van der Waals surface area contributed by atoms with E-state index in [1.807, 2.05) is 4.68 Å². The monoisotopic (exact) mass is 286 g/mol. The summed E-state index contributed by atoms with van der Waals surface area (Å²) in [6.07, 6.45) is 3.08. The number of aromatic nitrogens is 2. The average molecular weight is 286 g/mol. The number of nitrogens with two attached hydrogens (primary N) is 1. The summed E-state index contributed by atoms with van der Waals surface area (Å²) in [7, 11) is 0. The molecule has 114 valence electrons. The fourth-order valence-corrected chi connectivity index (χ4v) is 2.29. The average Bonchev–Trinajstić information content (AvgIpc) is 2.83. The van der Waals surface area contributed by atoms with Crippen LogP contribution in [0.5, 0.6) is 0 Å². The normalized spacial score (nSPS) is 11.3. The molecule has 21 heavy (non-hydrogen) atoms. The van der Waals surface area contributed by atoms with Gasteiger partial charge in [0, 0.05) is 30.9 Å². The summed E-state index contributed by atoms with van der Waals surface area (Å²) in [5, 5.41) is 8.02. The van der Waals surface area contributed by atoms with Gasteiger partial charge in [0.1, 0.15) is 0 Å². The van der Waals surface area contributed by atoms with Gasteiger partial charge in [-0.1, -0.05) is 24.3 Å². The van der Waals surface area contributed by atoms with Crippen molar-refractivity contribution in [2.45, 2.75) is 46.3 Å². The predicted octanol–water partition coefficient (Wildman–Crippen LogP) is 2.56. The molecule has 2 aromatic rings. The van der Waals surface area contributed by atoms with Crippen LogP contribution in [0.25, 0.3) is 0 Å². The second kappa shape index (κ2) is 7.38. The molecule has 0 unspecified atom stereocenters. The highest BCUT2D eigenvalue weighted by Crippen LogP contribution is 2.11. The van der Waals surface area contributed by atoms with Gasteiger partial charge in [0.2, 0.25) is 0 Å². The number of hydrogen-bond donors (Lipinski definition) is 2. The van der Waals surface area contributed by atoms with Crippen LogP contribution in [0.4, 0.5) is 0 Å². The third-order valence-corrected chi connectivity index (χ3v) is 3.65. The Labute approximate surface area is 127 Å². The Balaban J connectivity index is 1.86. The Bertz CT molecular complexity index is 555. The number of nitrogens with one attached hydrogen (secondary N) is 1. The summed E-state index contributed by atoms with van der Waals surface area (Å²) in [6, 6.07) is 9.07. The molecule has 0 amide bonds. The lowest BCUT2D eigenvalue weighted by molar-refractivity contribution is 0.528. The van der Waals surface area contributed by atoms with Gasteiger partial charge in [0.15, 0.2) is 0 Å². The maximum Gasteiger partial charge on any atom is 0.0638 e. The van der Waals surface area contributed by atoms with Crippen molar-refractivity contribution in [2.75, 3.05) is 6.54 Å². The Morgan fingerprint density at radius 1 is 1.14 bits per heavy atom. The number of nitrogens with zero attached hydrogens (tertiary/aromatic N) is 2. The highest BCUT2D eigenvalue weighted by Gasteiger charge is 2.06. The zero-order chi connectivity index (χ0) is 15.2. The zero-order valence-corrected chi connectivity index (χ0v) is 13.3. The van der Waals surface area contributed by atoms with E-state index in [0.717, 1.165) is 25.2 Å². The van der Waals surface area contributed by atoms with Crippen LogP contribution in [0.15, 0.2) is 30.5 Å². The lowest BCUT2D eigenvalue weighted by Crippen LogP contribution is -2.13. The molecule has 0 saturated carbocycles. The molecular weight excluding hydrogens is 260 g/mol. The number of benzene rings is 1. The molecule has 4 heteroatoms. The summed E-state index contributed by atoms with van der Waals surface area (Å²) in [5.74, 6) is 0. The second-order valence-corrected chi connectivity index (χ2v) is 5.77. The third-order valence-electron chi connectivity index (χ3n) is 3.65. The van der Waals surface area contributed by atoms with Crippen molar-refractivity contribution in [1.82, 2.24) is 15.1 Å². The van der Waals surface area contributed by atoms with Crippen molar-refractivity contribution in [2.24, 2.45) is 5.73 Å². The van der Waals surface area contributed by atoms with Gasteiger partial charge in [0.25, 0.3) is 0 Å². The molecule has 0 spiro atoms. The summed E-state index contributed by atoms with van der Waals surface area (Å²) in [4.78, 5) is 0. The van der Waals surface area contributed by atoms with E-state index in [1.165, 1.54) is 16.7 Å². The molecule has 0 radical (unpaired) electrons. The molecule has 0 bridgehead atoms. The first kappa shape index (κ1) is 15.7. The van der Waals surface area contributed by atoms with Crippen molar-refractivity contribution in [3.05, 3.63) is 52.8 Å². The van der Waals surface area contributed by atoms with Gasteiger partial charge in [0.05, 0.1) is 5.69 Å². The van der Waals surface area contributed by atoms with Crippen LogP contribution in [0.3, 0.4) is 0 Å². The molecule has 0 fully saturated rings. The van der Waals surface area contributed by atoms with Gasteiger partial charge in [-0.25, -0.2) is 0 Å². The Hall–Kier alpha value is -1.65. The van der Waals surface area contributed by atoms with Crippen LogP contribution >= 0.6 is 0 Å². The van der Waals surface area contributed by atoms with Crippen LogP contribution in [-0.4, -0.2) is 16.3 Å². The molecule has 0 saturated heterocycles. The fraction of sp³-hybridized carbons (Fsp3) is 0.471. The summed E-state index contributed by atoms with van der Waals surface area (Å²) < 4.78 is 2.02. The molecular formula is C17H26N4. The van der Waals surface area contributed by atoms with Gasteiger partial charge in [-0.3, -0.25) is 4.68 Å². The minimum Gasteiger partial charge on any atom is -0.330 e. The van der Waals surface area contributed by atoms with Crippen LogP contribution in [0, 0.1) is 6.92 Å². The van der Waals surface area contributed by atoms with Crippen LogP contribution in [-0.2, 0) is 19.5 Å². The molecule has 1 aromatic carbocycles. The van der Waals surface area contributed by atoms with Crippen molar-refractivity contribution in [3.63, 3.8) is 0 Å². The van der Waals surface area contributed by atoms with Crippen molar-refractivity contribution < 1.29 is 0 Å². The van der Waals surface area contributed by atoms with E-state index in [2.05, 4.69) is 61.6 Å². The van der Waals surface area contributed by atoms with Crippen molar-refractivity contribution in [1.29, 1.82) is 0 Å². The molecule has 0 aliphatic heterocycles. The van der Waals surface area contributed by atoms with E-state index < -0.39 is 0 Å². The minimum absolute atomic E-state index is 0.410. The van der Waals surface area contributed by atoms with E-state index >= 15 is 0 Å². The van der Waals surface area contributed by atoms with E-state index in [-0.39, 0.29) is 0 Å². The number of rotatable bonds is 7. The molecule has 1 aromatic heterocycles. The third kappa shape index (κ3) is 4.41. The predicted molar refractivity (Wildman–Crippen MR) is 87.1 cm³/mol. The van der Waals surface area contributed by atoms with Gasteiger partial charge in [-0.05, 0) is 44.9 Å². The summed E-state index contributed by atoms with van der Waals surface area (Å²) >= 11 is 0. The Kier molecular flexibility index (Phi) is 5.53. The fourth-order valence-electron chi connectivity index (χ4n) is 2.29. The standard InChI is InChI=1S/C17H26N4/c1-13(2)21-12-17(14(3)20-21)11-19-10-16-6-4-15(5-7-16)8-9-18/h4-7,12-13,19H,8-11,18H2,1-3H3. The van der Waals surface area contributed by atoms with Crippen LogP contribution < -0.4 is 11.1 Å². The molecule has 3 N–H and O–H groups in total. The zero-order valence-electron chi connectivity index (χ0n) is 13.3.